The Balaban J connectivity index is 1.83. The number of nitrogens with zero attached hydrogens (tertiary/aromatic N) is 2. The molecule has 190 valence electrons. The Bertz CT molecular complexity index is 1330. The van der Waals surface area contributed by atoms with Crippen LogP contribution in [0.2, 0.25) is 5.02 Å². The molecule has 0 bridgehead atoms. The molecule has 1 amide bonds. The van der Waals surface area contributed by atoms with Gasteiger partial charge in [0.25, 0.3) is 15.9 Å². The molecule has 8 nitrogen and oxygen atoms in total. The molecule has 0 unspecified atom stereocenters. The average molecular weight is 530 g/mol. The van der Waals surface area contributed by atoms with Crippen molar-refractivity contribution in [3.8, 4) is 11.5 Å². The Morgan fingerprint density at radius 3 is 2.39 bits per heavy atom. The first-order valence-electron chi connectivity index (χ1n) is 11.3. The summed E-state index contributed by atoms with van der Waals surface area (Å²) in [5, 5.41) is 4.38. The van der Waals surface area contributed by atoms with Gasteiger partial charge in [-0.15, -0.1) is 0 Å². The fraction of sp³-hybridized carbons (Fsp3) is 0.231. The topological polar surface area (TPSA) is 97.3 Å². The zero-order valence-electron chi connectivity index (χ0n) is 20.3. The van der Waals surface area contributed by atoms with Crippen LogP contribution in [0.25, 0.3) is 0 Å². The second-order valence-electron chi connectivity index (χ2n) is 7.57. The van der Waals surface area contributed by atoms with Gasteiger partial charge in [0.1, 0.15) is 6.54 Å². The fourth-order valence-electron chi connectivity index (χ4n) is 3.38. The lowest BCUT2D eigenvalue weighted by Gasteiger charge is -2.25. The molecule has 0 aromatic heterocycles. The maximum atomic E-state index is 13.4. The first kappa shape index (κ1) is 27.0. The summed E-state index contributed by atoms with van der Waals surface area (Å²) in [6.07, 6.45) is 1.44. The average Bonchev–Trinajstić information content (AvgIpc) is 2.87. The lowest BCUT2D eigenvalue weighted by molar-refractivity contribution is -0.119. The minimum Gasteiger partial charge on any atom is -0.490 e. The van der Waals surface area contributed by atoms with E-state index in [1.165, 1.54) is 18.3 Å². The number of hydrogen-bond donors (Lipinski definition) is 1. The third-order valence-electron chi connectivity index (χ3n) is 5.10. The van der Waals surface area contributed by atoms with Gasteiger partial charge in [0.15, 0.2) is 11.5 Å². The van der Waals surface area contributed by atoms with Crippen molar-refractivity contribution >= 4 is 39.4 Å². The summed E-state index contributed by atoms with van der Waals surface area (Å²) in [6.45, 7) is 5.91. The molecule has 0 aliphatic heterocycles. The summed E-state index contributed by atoms with van der Waals surface area (Å²) in [6, 6.07) is 18.1. The number of hydrazone groups is 1. The molecule has 3 aromatic carbocycles. The molecule has 0 spiro atoms. The molecule has 0 radical (unpaired) electrons. The smallest absolute Gasteiger partial charge is 0.264 e. The minimum absolute atomic E-state index is 0.0542. The van der Waals surface area contributed by atoms with E-state index in [1.807, 2.05) is 13.8 Å². The van der Waals surface area contributed by atoms with Crippen LogP contribution in [0.4, 0.5) is 5.69 Å². The van der Waals surface area contributed by atoms with Crippen molar-refractivity contribution in [1.29, 1.82) is 0 Å². The molecule has 10 heteroatoms. The molecule has 3 aromatic rings. The highest BCUT2D eigenvalue weighted by molar-refractivity contribution is 7.92. The summed E-state index contributed by atoms with van der Waals surface area (Å²) in [5.74, 6) is 0.548. The van der Waals surface area contributed by atoms with Gasteiger partial charge in [0.2, 0.25) is 0 Å². The van der Waals surface area contributed by atoms with E-state index in [4.69, 9.17) is 21.1 Å². The zero-order chi connectivity index (χ0) is 26.1. The number of ether oxygens (including phenoxy) is 2. The van der Waals surface area contributed by atoms with E-state index < -0.39 is 22.5 Å². The number of carbonyl (C=O) groups excluding carboxylic acids is 1. The summed E-state index contributed by atoms with van der Waals surface area (Å²) in [5.41, 5.74) is 3.91. The number of sulfonamides is 1. The number of hydrogen-bond acceptors (Lipinski definition) is 6. The van der Waals surface area contributed by atoms with Crippen molar-refractivity contribution in [1.82, 2.24) is 5.43 Å². The standard InChI is InChI=1S/C26H28ClN3O5S/c1-4-34-24-15-14-20(16-25(24)35-5-2)17-28-29-26(31)18-30(23-13-9-12-22(27)19(23)3)36(32,33)21-10-7-6-8-11-21/h6-17H,4-5,18H2,1-3H3,(H,29,31)/b28-17+. The van der Waals surface area contributed by atoms with Crippen molar-refractivity contribution in [3.05, 3.63) is 82.9 Å². The Morgan fingerprint density at radius 2 is 1.69 bits per heavy atom. The van der Waals surface area contributed by atoms with Gasteiger partial charge < -0.3 is 9.47 Å². The lowest BCUT2D eigenvalue weighted by atomic mass is 10.2. The molecule has 0 fully saturated rings. The Labute approximate surface area is 216 Å². The molecule has 36 heavy (non-hydrogen) atoms. The largest absolute Gasteiger partial charge is 0.490 e. The number of halogens is 1. The molecule has 0 saturated heterocycles. The molecule has 0 aliphatic carbocycles. The van der Waals surface area contributed by atoms with Gasteiger partial charge in [-0.3, -0.25) is 9.10 Å². The summed E-state index contributed by atoms with van der Waals surface area (Å²) < 4.78 is 39.1. The van der Waals surface area contributed by atoms with Crippen molar-refractivity contribution in [2.75, 3.05) is 24.1 Å². The Kier molecular flexibility index (Phi) is 9.32. The van der Waals surface area contributed by atoms with E-state index in [0.29, 0.717) is 46.5 Å². The van der Waals surface area contributed by atoms with Gasteiger partial charge >= 0.3 is 0 Å². The number of carbonyl (C=O) groups is 1. The third-order valence-corrected chi connectivity index (χ3v) is 7.28. The lowest BCUT2D eigenvalue weighted by Crippen LogP contribution is -2.40. The molecule has 3 rings (SSSR count). The first-order chi connectivity index (χ1) is 17.3. The molecular weight excluding hydrogens is 502 g/mol. The number of rotatable bonds is 11. The van der Waals surface area contributed by atoms with E-state index in [0.717, 1.165) is 4.31 Å². The van der Waals surface area contributed by atoms with E-state index in [1.54, 1.807) is 61.5 Å². The van der Waals surface area contributed by atoms with Crippen LogP contribution in [-0.4, -0.2) is 40.3 Å². The van der Waals surface area contributed by atoms with Crippen LogP contribution >= 0.6 is 11.6 Å². The maximum Gasteiger partial charge on any atom is 0.264 e. The van der Waals surface area contributed by atoms with Crippen LogP contribution < -0.4 is 19.2 Å². The summed E-state index contributed by atoms with van der Waals surface area (Å²) in [7, 11) is -4.06. The number of anilines is 1. The highest BCUT2D eigenvalue weighted by atomic mass is 35.5. The molecule has 0 aliphatic rings. The summed E-state index contributed by atoms with van der Waals surface area (Å²) >= 11 is 6.24. The predicted octanol–water partition coefficient (Wildman–Crippen LogP) is 4.79. The van der Waals surface area contributed by atoms with Gasteiger partial charge in [-0.25, -0.2) is 13.8 Å². The zero-order valence-corrected chi connectivity index (χ0v) is 21.8. The molecular formula is C26H28ClN3O5S. The van der Waals surface area contributed by atoms with Crippen LogP contribution in [0.5, 0.6) is 11.5 Å². The van der Waals surface area contributed by atoms with Gasteiger partial charge in [-0.05, 0) is 74.4 Å². The van der Waals surface area contributed by atoms with E-state index in [2.05, 4.69) is 10.5 Å². The van der Waals surface area contributed by atoms with Gasteiger partial charge in [-0.1, -0.05) is 35.9 Å². The Morgan fingerprint density at radius 1 is 1.00 bits per heavy atom. The fourth-order valence-corrected chi connectivity index (χ4v) is 5.05. The van der Waals surface area contributed by atoms with Crippen LogP contribution in [0.1, 0.15) is 25.0 Å². The van der Waals surface area contributed by atoms with E-state index in [9.17, 15) is 13.2 Å². The molecule has 0 atom stereocenters. The minimum atomic E-state index is -4.06. The second kappa shape index (κ2) is 12.4. The number of benzene rings is 3. The summed E-state index contributed by atoms with van der Waals surface area (Å²) in [4.78, 5) is 12.8. The van der Waals surface area contributed by atoms with Crippen molar-refractivity contribution in [2.24, 2.45) is 5.10 Å². The van der Waals surface area contributed by atoms with E-state index >= 15 is 0 Å². The van der Waals surface area contributed by atoms with Crippen LogP contribution in [0, 0.1) is 6.92 Å². The SMILES string of the molecule is CCOc1ccc(/C=N/NC(=O)CN(c2cccc(Cl)c2C)S(=O)(=O)c2ccccc2)cc1OCC. The predicted molar refractivity (Wildman–Crippen MR) is 142 cm³/mol. The highest BCUT2D eigenvalue weighted by Gasteiger charge is 2.28. The van der Waals surface area contributed by atoms with Crippen molar-refractivity contribution in [3.63, 3.8) is 0 Å². The van der Waals surface area contributed by atoms with Crippen LogP contribution in [0.3, 0.4) is 0 Å². The molecule has 1 N–H and O–H groups in total. The van der Waals surface area contributed by atoms with Gasteiger partial charge in [0.05, 0.1) is 30.0 Å². The van der Waals surface area contributed by atoms with Gasteiger partial charge in [0, 0.05) is 5.02 Å². The second-order valence-corrected chi connectivity index (χ2v) is 9.84. The van der Waals surface area contributed by atoms with Gasteiger partial charge in [-0.2, -0.15) is 5.10 Å². The first-order valence-corrected chi connectivity index (χ1v) is 13.1. The normalized spacial score (nSPS) is 11.3. The van der Waals surface area contributed by atoms with E-state index in [-0.39, 0.29) is 4.90 Å². The number of nitrogens with one attached hydrogen (secondary N) is 1. The molecule has 0 saturated carbocycles. The highest BCUT2D eigenvalue weighted by Crippen LogP contribution is 2.31. The Hall–Kier alpha value is -3.56. The maximum absolute atomic E-state index is 13.4. The quantitative estimate of drug-likeness (QED) is 0.284. The van der Waals surface area contributed by atoms with Crippen LogP contribution in [0.15, 0.2) is 76.7 Å². The monoisotopic (exact) mass is 529 g/mol. The number of amides is 1. The molecule has 0 heterocycles. The van der Waals surface area contributed by atoms with Crippen molar-refractivity contribution < 1.29 is 22.7 Å². The van der Waals surface area contributed by atoms with Crippen LogP contribution in [-0.2, 0) is 14.8 Å². The van der Waals surface area contributed by atoms with Crippen molar-refractivity contribution in [2.45, 2.75) is 25.7 Å². The third kappa shape index (κ3) is 6.56.